The zero-order valence-corrected chi connectivity index (χ0v) is 11.4. The first-order chi connectivity index (χ1) is 9.32. The third kappa shape index (κ3) is 1.91. The van der Waals surface area contributed by atoms with Gasteiger partial charge in [-0.25, -0.2) is 13.2 Å². The zero-order valence-electron chi connectivity index (χ0n) is 11.4. The summed E-state index contributed by atoms with van der Waals surface area (Å²) >= 11 is 0. The summed E-state index contributed by atoms with van der Waals surface area (Å²) in [6, 6.07) is 4.38. The number of rotatable bonds is 2. The number of hydrogen-bond donors (Lipinski definition) is 0. The quantitative estimate of drug-likeness (QED) is 0.815. The van der Waals surface area contributed by atoms with Crippen LogP contribution in [-0.4, -0.2) is 29.8 Å². The molecule has 1 heterocycles. The van der Waals surface area contributed by atoms with E-state index in [1.165, 1.54) is 11.0 Å². The van der Waals surface area contributed by atoms with Crippen LogP contribution < -0.4 is 0 Å². The normalized spacial score (nSPS) is 26.8. The van der Waals surface area contributed by atoms with E-state index in [1.54, 1.807) is 12.1 Å². The van der Waals surface area contributed by atoms with Crippen LogP contribution >= 0.6 is 0 Å². The molecule has 1 aliphatic heterocycles. The Morgan fingerprint density at radius 2 is 1.90 bits per heavy atom. The first kappa shape index (κ1) is 13.5. The van der Waals surface area contributed by atoms with Gasteiger partial charge in [-0.1, -0.05) is 19.9 Å². The standard InChI is InChI=1S/C15H16F3NO/c1-8(2)10-4-3-9(5-13(10)16)14(20)19-6-11-12(7-19)15(11,17)18/h3-5,8,11-12H,6-7H2,1-2H3. The van der Waals surface area contributed by atoms with Gasteiger partial charge in [0.15, 0.2) is 0 Å². The molecule has 20 heavy (non-hydrogen) atoms. The van der Waals surface area contributed by atoms with Crippen molar-refractivity contribution in [3.8, 4) is 0 Å². The highest BCUT2D eigenvalue weighted by atomic mass is 19.3. The lowest BCUT2D eigenvalue weighted by molar-refractivity contribution is 0.0458. The van der Waals surface area contributed by atoms with Crippen LogP contribution in [0, 0.1) is 17.7 Å². The van der Waals surface area contributed by atoms with E-state index in [1.807, 2.05) is 13.8 Å². The molecule has 1 amide bonds. The monoisotopic (exact) mass is 283 g/mol. The summed E-state index contributed by atoms with van der Waals surface area (Å²) in [5.41, 5.74) is 0.786. The fraction of sp³-hybridized carbons (Fsp3) is 0.533. The smallest absolute Gasteiger partial charge is 0.258 e. The Bertz CT molecular complexity index is 556. The molecule has 1 aromatic rings. The molecule has 0 N–H and O–H groups in total. The lowest BCUT2D eigenvalue weighted by atomic mass is 10.0. The Morgan fingerprint density at radius 1 is 1.30 bits per heavy atom. The third-order valence-corrected chi connectivity index (χ3v) is 4.36. The number of alkyl halides is 2. The molecule has 108 valence electrons. The van der Waals surface area contributed by atoms with Crippen LogP contribution in [0.15, 0.2) is 18.2 Å². The van der Waals surface area contributed by atoms with Crippen LogP contribution in [0.25, 0.3) is 0 Å². The summed E-state index contributed by atoms with van der Waals surface area (Å²) in [5, 5.41) is 0. The van der Waals surface area contributed by atoms with Crippen LogP contribution in [0.4, 0.5) is 13.2 Å². The highest BCUT2D eigenvalue weighted by molar-refractivity contribution is 5.94. The number of likely N-dealkylation sites (tertiary alicyclic amines) is 1. The molecule has 2 unspecified atom stereocenters. The maximum absolute atomic E-state index is 13.9. The van der Waals surface area contributed by atoms with Gasteiger partial charge in [-0.15, -0.1) is 0 Å². The zero-order chi connectivity index (χ0) is 14.7. The summed E-state index contributed by atoms with van der Waals surface area (Å²) < 4.78 is 40.0. The number of carbonyl (C=O) groups excluding carboxylic acids is 1. The number of amides is 1. The van der Waals surface area contributed by atoms with Gasteiger partial charge in [-0.2, -0.15) is 0 Å². The topological polar surface area (TPSA) is 20.3 Å². The average Bonchev–Trinajstić information content (AvgIpc) is 2.79. The van der Waals surface area contributed by atoms with Gasteiger partial charge in [0, 0.05) is 18.7 Å². The van der Waals surface area contributed by atoms with Crippen molar-refractivity contribution in [1.29, 1.82) is 0 Å². The summed E-state index contributed by atoms with van der Waals surface area (Å²) in [5.74, 6) is -4.75. The van der Waals surface area contributed by atoms with Gasteiger partial charge in [0.1, 0.15) is 5.82 Å². The lowest BCUT2D eigenvalue weighted by Gasteiger charge is -2.20. The van der Waals surface area contributed by atoms with Crippen LogP contribution in [0.3, 0.4) is 0 Å². The highest BCUT2D eigenvalue weighted by Gasteiger charge is 2.72. The van der Waals surface area contributed by atoms with Gasteiger partial charge in [0.2, 0.25) is 0 Å². The predicted molar refractivity (Wildman–Crippen MR) is 68.3 cm³/mol. The Morgan fingerprint density at radius 3 is 2.40 bits per heavy atom. The van der Waals surface area contributed by atoms with Crippen LogP contribution in [-0.2, 0) is 0 Å². The van der Waals surface area contributed by atoms with E-state index in [-0.39, 0.29) is 30.5 Å². The number of carbonyl (C=O) groups is 1. The molecule has 1 saturated heterocycles. The predicted octanol–water partition coefficient (Wildman–Crippen LogP) is 3.29. The van der Waals surface area contributed by atoms with Crippen LogP contribution in [0.2, 0.25) is 0 Å². The number of nitrogens with zero attached hydrogens (tertiary/aromatic N) is 1. The molecule has 0 spiro atoms. The fourth-order valence-electron chi connectivity index (χ4n) is 2.98. The van der Waals surface area contributed by atoms with Gasteiger partial charge in [0.25, 0.3) is 11.8 Å². The van der Waals surface area contributed by atoms with E-state index in [0.717, 1.165) is 0 Å². The number of piperidine rings is 1. The number of benzene rings is 1. The SMILES string of the molecule is CC(C)c1ccc(C(=O)N2CC3C(C2)C3(F)F)cc1F. The van der Waals surface area contributed by atoms with Gasteiger partial charge in [-0.3, -0.25) is 4.79 Å². The summed E-state index contributed by atoms with van der Waals surface area (Å²) in [6.07, 6.45) is 0. The Kier molecular flexibility index (Phi) is 2.85. The van der Waals surface area contributed by atoms with E-state index in [2.05, 4.69) is 0 Å². The maximum Gasteiger partial charge on any atom is 0.258 e. The molecule has 2 atom stereocenters. The van der Waals surface area contributed by atoms with Crippen molar-refractivity contribution < 1.29 is 18.0 Å². The largest absolute Gasteiger partial charge is 0.338 e. The van der Waals surface area contributed by atoms with Crippen molar-refractivity contribution in [2.75, 3.05) is 13.1 Å². The summed E-state index contributed by atoms with van der Waals surface area (Å²) in [4.78, 5) is 13.6. The molecule has 0 radical (unpaired) electrons. The molecule has 0 bridgehead atoms. The molecule has 0 aromatic heterocycles. The molecule has 2 fully saturated rings. The van der Waals surface area contributed by atoms with E-state index in [9.17, 15) is 18.0 Å². The van der Waals surface area contributed by atoms with Crippen molar-refractivity contribution in [2.24, 2.45) is 11.8 Å². The number of fused-ring (bicyclic) bond motifs is 1. The Balaban J connectivity index is 1.74. The van der Waals surface area contributed by atoms with Crippen molar-refractivity contribution >= 4 is 5.91 Å². The molecular formula is C15H16F3NO. The first-order valence-electron chi connectivity index (χ1n) is 6.79. The second-order valence-electron chi connectivity index (χ2n) is 5.99. The fourth-order valence-corrected chi connectivity index (χ4v) is 2.98. The Hall–Kier alpha value is -1.52. The van der Waals surface area contributed by atoms with Gasteiger partial charge in [-0.05, 0) is 23.6 Å². The van der Waals surface area contributed by atoms with Crippen molar-refractivity contribution in [1.82, 2.24) is 4.90 Å². The van der Waals surface area contributed by atoms with E-state index < -0.39 is 23.6 Å². The third-order valence-electron chi connectivity index (χ3n) is 4.36. The van der Waals surface area contributed by atoms with Crippen molar-refractivity contribution in [3.63, 3.8) is 0 Å². The lowest BCUT2D eigenvalue weighted by Crippen LogP contribution is -2.33. The van der Waals surface area contributed by atoms with Gasteiger partial charge >= 0.3 is 0 Å². The second-order valence-corrected chi connectivity index (χ2v) is 5.99. The summed E-state index contributed by atoms with van der Waals surface area (Å²) in [7, 11) is 0. The minimum absolute atomic E-state index is 0.0391. The molecule has 1 saturated carbocycles. The van der Waals surface area contributed by atoms with Crippen LogP contribution in [0.1, 0.15) is 35.7 Å². The maximum atomic E-state index is 13.9. The molecule has 2 nitrogen and oxygen atoms in total. The molecular weight excluding hydrogens is 267 g/mol. The molecule has 3 rings (SSSR count). The number of halogens is 3. The minimum atomic E-state index is -2.61. The molecule has 2 aliphatic rings. The highest BCUT2D eigenvalue weighted by Crippen LogP contribution is 2.59. The van der Waals surface area contributed by atoms with E-state index >= 15 is 0 Å². The van der Waals surface area contributed by atoms with E-state index in [0.29, 0.717) is 5.56 Å². The van der Waals surface area contributed by atoms with Crippen molar-refractivity contribution in [3.05, 3.63) is 35.1 Å². The van der Waals surface area contributed by atoms with Gasteiger partial charge < -0.3 is 4.90 Å². The first-order valence-corrected chi connectivity index (χ1v) is 6.79. The van der Waals surface area contributed by atoms with Gasteiger partial charge in [0.05, 0.1) is 11.8 Å². The van der Waals surface area contributed by atoms with E-state index in [4.69, 9.17) is 0 Å². The molecule has 1 aromatic carbocycles. The minimum Gasteiger partial charge on any atom is -0.338 e. The average molecular weight is 283 g/mol. The summed E-state index contributed by atoms with van der Waals surface area (Å²) in [6.45, 7) is 3.89. The molecule has 5 heteroatoms. The second kappa shape index (κ2) is 4.24. The number of hydrogen-bond acceptors (Lipinski definition) is 1. The molecule has 1 aliphatic carbocycles. The van der Waals surface area contributed by atoms with Crippen LogP contribution in [0.5, 0.6) is 0 Å². The Labute approximate surface area is 115 Å². The van der Waals surface area contributed by atoms with Crippen molar-refractivity contribution in [2.45, 2.75) is 25.7 Å².